The maximum absolute atomic E-state index is 11.5. The standard InChI is InChI=1S/C9H12N4O3/c10-3-5-13(6-4-11)9(16)7(12)1-2-8(14)15/h7H,1-2,5-6,12H2,(H,14,15). The molecule has 0 aromatic rings. The maximum atomic E-state index is 11.5. The Bertz CT molecular complexity index is 326. The van der Waals surface area contributed by atoms with Crippen molar-refractivity contribution in [1.29, 1.82) is 10.5 Å². The first kappa shape index (κ1) is 13.9. The molecule has 0 spiro atoms. The van der Waals surface area contributed by atoms with Gasteiger partial charge >= 0.3 is 5.97 Å². The van der Waals surface area contributed by atoms with Gasteiger partial charge in [0.25, 0.3) is 0 Å². The number of rotatable bonds is 6. The molecule has 0 saturated carbocycles. The summed E-state index contributed by atoms with van der Waals surface area (Å²) in [6.45, 7) is -0.458. The summed E-state index contributed by atoms with van der Waals surface area (Å²) in [5, 5.41) is 25.3. The smallest absolute Gasteiger partial charge is 0.303 e. The van der Waals surface area contributed by atoms with Crippen molar-refractivity contribution >= 4 is 11.9 Å². The second-order valence-corrected chi connectivity index (χ2v) is 3.05. The van der Waals surface area contributed by atoms with E-state index < -0.39 is 17.9 Å². The first-order chi connectivity index (χ1) is 7.52. The Hall–Kier alpha value is -2.12. The molecule has 16 heavy (non-hydrogen) atoms. The maximum Gasteiger partial charge on any atom is 0.303 e. The summed E-state index contributed by atoms with van der Waals surface area (Å²) in [7, 11) is 0. The van der Waals surface area contributed by atoms with Crippen molar-refractivity contribution in [3.63, 3.8) is 0 Å². The van der Waals surface area contributed by atoms with E-state index in [-0.39, 0.29) is 25.9 Å². The highest BCUT2D eigenvalue weighted by Gasteiger charge is 2.21. The van der Waals surface area contributed by atoms with Gasteiger partial charge in [-0.15, -0.1) is 0 Å². The van der Waals surface area contributed by atoms with Crippen molar-refractivity contribution in [2.24, 2.45) is 5.73 Å². The predicted molar refractivity (Wildman–Crippen MR) is 52.7 cm³/mol. The minimum atomic E-state index is -1.05. The van der Waals surface area contributed by atoms with Crippen molar-refractivity contribution in [3.05, 3.63) is 0 Å². The van der Waals surface area contributed by atoms with Crippen LogP contribution in [0.4, 0.5) is 0 Å². The fourth-order valence-electron chi connectivity index (χ4n) is 1.02. The van der Waals surface area contributed by atoms with Crippen molar-refractivity contribution < 1.29 is 14.7 Å². The fraction of sp³-hybridized carbons (Fsp3) is 0.556. The van der Waals surface area contributed by atoms with Gasteiger partial charge in [0, 0.05) is 6.42 Å². The van der Waals surface area contributed by atoms with Gasteiger partial charge in [-0.2, -0.15) is 10.5 Å². The second-order valence-electron chi connectivity index (χ2n) is 3.05. The van der Waals surface area contributed by atoms with E-state index >= 15 is 0 Å². The average Bonchev–Trinajstić information content (AvgIpc) is 2.24. The van der Waals surface area contributed by atoms with Crippen molar-refractivity contribution in [2.75, 3.05) is 13.1 Å². The zero-order valence-electron chi connectivity index (χ0n) is 8.59. The van der Waals surface area contributed by atoms with Gasteiger partial charge in [0.05, 0.1) is 18.2 Å². The molecule has 3 N–H and O–H groups in total. The molecule has 7 nitrogen and oxygen atoms in total. The minimum absolute atomic E-state index is 0.0124. The topological polar surface area (TPSA) is 131 Å². The van der Waals surface area contributed by atoms with Crippen LogP contribution in [0.5, 0.6) is 0 Å². The molecule has 7 heteroatoms. The average molecular weight is 224 g/mol. The summed E-state index contributed by atoms with van der Waals surface area (Å²) in [5.74, 6) is -1.63. The van der Waals surface area contributed by atoms with Crippen molar-refractivity contribution in [3.8, 4) is 12.1 Å². The highest BCUT2D eigenvalue weighted by Crippen LogP contribution is 2.00. The molecule has 0 aromatic heterocycles. The van der Waals surface area contributed by atoms with E-state index in [9.17, 15) is 9.59 Å². The van der Waals surface area contributed by atoms with E-state index in [1.54, 1.807) is 12.1 Å². The highest BCUT2D eigenvalue weighted by atomic mass is 16.4. The molecule has 1 amide bonds. The van der Waals surface area contributed by atoms with Gasteiger partial charge in [0.2, 0.25) is 5.91 Å². The van der Waals surface area contributed by atoms with Gasteiger partial charge in [-0.3, -0.25) is 9.59 Å². The molecule has 0 aromatic carbocycles. The largest absolute Gasteiger partial charge is 0.481 e. The number of aliphatic carboxylic acids is 1. The van der Waals surface area contributed by atoms with E-state index in [1.165, 1.54) is 0 Å². The first-order valence-electron chi connectivity index (χ1n) is 4.53. The first-order valence-corrected chi connectivity index (χ1v) is 4.53. The van der Waals surface area contributed by atoms with E-state index in [4.69, 9.17) is 21.4 Å². The minimum Gasteiger partial charge on any atom is -0.481 e. The summed E-state index contributed by atoms with van der Waals surface area (Å²) < 4.78 is 0. The Morgan fingerprint density at radius 3 is 2.19 bits per heavy atom. The van der Waals surface area contributed by atoms with Crippen LogP contribution in [-0.4, -0.2) is 41.0 Å². The number of amides is 1. The number of carboxylic acids is 1. The fourth-order valence-corrected chi connectivity index (χ4v) is 1.02. The third kappa shape index (κ3) is 4.94. The molecule has 0 rings (SSSR count). The van der Waals surface area contributed by atoms with E-state index in [2.05, 4.69) is 0 Å². The Morgan fingerprint density at radius 1 is 1.31 bits per heavy atom. The van der Waals surface area contributed by atoms with Crippen LogP contribution in [0.2, 0.25) is 0 Å². The highest BCUT2D eigenvalue weighted by molar-refractivity contribution is 5.82. The number of carbonyl (C=O) groups excluding carboxylic acids is 1. The zero-order valence-corrected chi connectivity index (χ0v) is 8.59. The predicted octanol–water partition coefficient (Wildman–Crippen LogP) is -0.946. The monoisotopic (exact) mass is 224 g/mol. The second kappa shape index (κ2) is 7.21. The lowest BCUT2D eigenvalue weighted by atomic mass is 10.1. The molecule has 0 saturated heterocycles. The molecular weight excluding hydrogens is 212 g/mol. The summed E-state index contributed by atoms with van der Waals surface area (Å²) in [6.07, 6.45) is -0.235. The zero-order chi connectivity index (χ0) is 12.6. The molecule has 0 fully saturated rings. The Balaban J connectivity index is 4.32. The number of hydrogen-bond acceptors (Lipinski definition) is 5. The number of nitrogens with zero attached hydrogens (tertiary/aromatic N) is 3. The summed E-state index contributed by atoms with van der Waals surface area (Å²) in [5.41, 5.74) is 5.45. The number of nitrogens with two attached hydrogens (primary N) is 1. The van der Waals surface area contributed by atoms with Gasteiger partial charge in [0.15, 0.2) is 0 Å². The Labute approximate surface area is 92.7 Å². The van der Waals surface area contributed by atoms with Crippen LogP contribution >= 0.6 is 0 Å². The summed E-state index contributed by atoms with van der Waals surface area (Å²) >= 11 is 0. The third-order valence-corrected chi connectivity index (χ3v) is 1.82. The molecule has 1 unspecified atom stereocenters. The van der Waals surface area contributed by atoms with E-state index in [0.29, 0.717) is 0 Å². The quantitative estimate of drug-likeness (QED) is 0.559. The molecule has 0 aliphatic carbocycles. The summed E-state index contributed by atoms with van der Waals surface area (Å²) in [4.78, 5) is 22.8. The van der Waals surface area contributed by atoms with E-state index in [1.807, 2.05) is 0 Å². The van der Waals surface area contributed by atoms with Gasteiger partial charge < -0.3 is 15.7 Å². The normalized spacial score (nSPS) is 10.9. The molecule has 0 aliphatic heterocycles. The molecule has 0 heterocycles. The lowest BCUT2D eigenvalue weighted by Crippen LogP contribution is -2.44. The van der Waals surface area contributed by atoms with Crippen LogP contribution in [0, 0.1) is 22.7 Å². The molecule has 86 valence electrons. The molecule has 0 bridgehead atoms. The Morgan fingerprint density at radius 2 is 1.81 bits per heavy atom. The van der Waals surface area contributed by atoms with Crippen molar-refractivity contribution in [2.45, 2.75) is 18.9 Å². The SMILES string of the molecule is N#CCN(CC#N)C(=O)C(N)CCC(=O)O. The number of carbonyl (C=O) groups is 2. The van der Waals surface area contributed by atoms with Gasteiger partial charge in [-0.25, -0.2) is 0 Å². The van der Waals surface area contributed by atoms with E-state index in [0.717, 1.165) is 4.90 Å². The van der Waals surface area contributed by atoms with Crippen LogP contribution in [0.15, 0.2) is 0 Å². The Kier molecular flexibility index (Phi) is 6.25. The van der Waals surface area contributed by atoms with Crippen LogP contribution < -0.4 is 5.73 Å². The van der Waals surface area contributed by atoms with Crippen molar-refractivity contribution in [1.82, 2.24) is 4.90 Å². The van der Waals surface area contributed by atoms with Crippen LogP contribution in [0.3, 0.4) is 0 Å². The number of nitriles is 2. The number of carboxylic acid groups (broad SMARTS) is 1. The van der Waals surface area contributed by atoms with Crippen LogP contribution in [0.25, 0.3) is 0 Å². The molecule has 1 atom stereocenters. The van der Waals surface area contributed by atoms with Gasteiger partial charge in [0.1, 0.15) is 13.1 Å². The lowest BCUT2D eigenvalue weighted by molar-refractivity contribution is -0.137. The van der Waals surface area contributed by atoms with Gasteiger partial charge in [-0.05, 0) is 6.42 Å². The lowest BCUT2D eigenvalue weighted by Gasteiger charge is -2.19. The van der Waals surface area contributed by atoms with Crippen LogP contribution in [0.1, 0.15) is 12.8 Å². The van der Waals surface area contributed by atoms with Gasteiger partial charge in [-0.1, -0.05) is 0 Å². The van der Waals surface area contributed by atoms with Crippen LogP contribution in [-0.2, 0) is 9.59 Å². The molecule has 0 radical (unpaired) electrons. The number of hydrogen-bond donors (Lipinski definition) is 2. The molecular formula is C9H12N4O3. The molecule has 0 aliphatic rings. The third-order valence-electron chi connectivity index (χ3n) is 1.82. The summed E-state index contributed by atoms with van der Waals surface area (Å²) in [6, 6.07) is 2.48.